The maximum atomic E-state index is 13.6. The second-order valence-electron chi connectivity index (χ2n) is 18.1. The van der Waals surface area contributed by atoms with Gasteiger partial charge in [0.1, 0.15) is 35.4 Å². The number of hydrogen-bond donors (Lipinski definition) is 0. The predicted molar refractivity (Wildman–Crippen MR) is 262 cm³/mol. The molecule has 1 aromatic carbocycles. The minimum Gasteiger partial charge on any atom is -0.462 e. The molecule has 2 aromatic rings. The number of ketones is 2. The van der Waals surface area contributed by atoms with Crippen LogP contribution in [0.25, 0.3) is 11.3 Å². The summed E-state index contributed by atoms with van der Waals surface area (Å²) in [6.45, 7) is 25.4. The molecule has 3 saturated heterocycles. The lowest BCUT2D eigenvalue weighted by molar-refractivity contribution is -0.384. The zero-order valence-corrected chi connectivity index (χ0v) is 43.3. The smallest absolute Gasteiger partial charge is 0.410 e. The van der Waals surface area contributed by atoms with E-state index in [1.165, 1.54) is 24.0 Å². The number of aromatic nitrogens is 3. The van der Waals surface area contributed by atoms with Crippen molar-refractivity contribution in [2.75, 3.05) is 20.6 Å². The number of nitrogens with zero attached hydrogens (tertiary/aromatic N) is 6. The van der Waals surface area contributed by atoms with Gasteiger partial charge in [0.25, 0.3) is 5.69 Å². The van der Waals surface area contributed by atoms with Gasteiger partial charge in [-0.05, 0) is 93.2 Å². The molecule has 6 unspecified atom stereocenters. The van der Waals surface area contributed by atoms with Crippen molar-refractivity contribution in [3.05, 3.63) is 52.7 Å². The highest BCUT2D eigenvalue weighted by Crippen LogP contribution is 2.39. The maximum absolute atomic E-state index is 13.6. The normalized spacial score (nSPS) is 26.5. The predicted octanol–water partition coefficient (Wildman–Crippen LogP) is 9.73. The number of rotatable bonds is 14. The van der Waals surface area contributed by atoms with E-state index in [1.54, 1.807) is 43.8 Å². The lowest BCUT2D eigenvalue weighted by Gasteiger charge is -2.37. The van der Waals surface area contributed by atoms with Crippen LogP contribution in [0, 0.1) is 22.0 Å². The van der Waals surface area contributed by atoms with Gasteiger partial charge >= 0.3 is 18.0 Å². The molecule has 0 N–H and O–H groups in total. The van der Waals surface area contributed by atoms with Gasteiger partial charge in [0.2, 0.25) is 0 Å². The summed E-state index contributed by atoms with van der Waals surface area (Å²) in [5, 5.41) is 19.4. The maximum Gasteiger partial charge on any atom is 0.410 e. The number of nitro benzene ring substituents is 1. The third kappa shape index (κ3) is 17.2. The number of benzene rings is 1. The van der Waals surface area contributed by atoms with Crippen LogP contribution < -0.4 is 0 Å². The molecule has 3 aliphatic rings. The average Bonchev–Trinajstić information content (AvgIpc) is 3.89. The molecule has 9 atom stereocenters. The fourth-order valence-corrected chi connectivity index (χ4v) is 8.66. The molecule has 382 valence electrons. The minimum absolute atomic E-state index is 0.0499. The van der Waals surface area contributed by atoms with Crippen molar-refractivity contribution in [2.24, 2.45) is 11.8 Å². The summed E-state index contributed by atoms with van der Waals surface area (Å²) in [4.78, 5) is 80.7. The number of Topliss-reactive ketones (excluding diaryl/α,β-unsaturated/α-hetero) is 2. The number of cyclic esters (lactones) is 1. The van der Waals surface area contributed by atoms with Crippen molar-refractivity contribution < 1.29 is 47.8 Å². The number of ether oxygens (including phenoxy) is 4. The summed E-state index contributed by atoms with van der Waals surface area (Å²) in [5.74, 6) is -3.39. The van der Waals surface area contributed by atoms with Crippen LogP contribution in [0.5, 0.6) is 0 Å². The van der Waals surface area contributed by atoms with Gasteiger partial charge in [-0.1, -0.05) is 84.4 Å². The minimum atomic E-state index is -1.37. The summed E-state index contributed by atoms with van der Waals surface area (Å²) in [6.07, 6.45) is 5.75. The first-order valence-electron chi connectivity index (χ1n) is 24.8. The van der Waals surface area contributed by atoms with E-state index < -0.39 is 58.6 Å². The monoisotopic (exact) mass is 955 g/mol. The van der Waals surface area contributed by atoms with Crippen molar-refractivity contribution in [1.29, 1.82) is 0 Å². The van der Waals surface area contributed by atoms with Crippen molar-refractivity contribution in [3.8, 4) is 11.3 Å². The van der Waals surface area contributed by atoms with Gasteiger partial charge < -0.3 is 28.7 Å². The number of hydrogen-bond acceptors (Lipinski definition) is 14. The fourth-order valence-electron chi connectivity index (χ4n) is 8.66. The fraction of sp³-hybridized carbons (Fsp3) is 0.706. The Labute approximate surface area is 405 Å². The van der Waals surface area contributed by atoms with Gasteiger partial charge in [0, 0.05) is 62.0 Å². The molecule has 1 aromatic heterocycles. The van der Waals surface area contributed by atoms with Crippen molar-refractivity contribution in [2.45, 2.75) is 202 Å². The second kappa shape index (κ2) is 29.1. The van der Waals surface area contributed by atoms with E-state index in [4.69, 9.17) is 18.9 Å². The molecule has 0 bridgehead atoms. The first kappa shape index (κ1) is 59.1. The van der Waals surface area contributed by atoms with E-state index in [2.05, 4.69) is 49.7 Å². The van der Waals surface area contributed by atoms with E-state index in [0.29, 0.717) is 49.2 Å². The van der Waals surface area contributed by atoms with E-state index in [9.17, 15) is 34.1 Å². The number of esters is 2. The molecule has 17 heteroatoms. The lowest BCUT2D eigenvalue weighted by Crippen LogP contribution is -2.54. The second-order valence-corrected chi connectivity index (χ2v) is 18.1. The summed E-state index contributed by atoms with van der Waals surface area (Å²) >= 11 is 0. The number of aryl methyl sites for hydroxylation is 1. The lowest BCUT2D eigenvalue weighted by atomic mass is 9.83. The Morgan fingerprint density at radius 1 is 1.01 bits per heavy atom. The van der Waals surface area contributed by atoms with Crippen LogP contribution in [0.1, 0.15) is 153 Å². The van der Waals surface area contributed by atoms with E-state index in [-0.39, 0.29) is 68.4 Å². The molecule has 0 saturated carbocycles. The third-order valence-electron chi connectivity index (χ3n) is 12.6. The molecular weight excluding hydrogens is 873 g/mol. The zero-order chi connectivity index (χ0) is 51.3. The first-order valence-corrected chi connectivity index (χ1v) is 24.8. The number of carbonyl (C=O) groups excluding carboxylic acids is 5. The average molecular weight is 955 g/mol. The standard InChI is InChI=1S/C36H49N5O10.C11H21NO.2C2H6/c1-6-8-14-32(43)49-28-16-15-27(42)21-30-36(5,31(7-2)50-34(45)24(4)33(44)23(3)19-28)51-35(46)40(30)18-10-9-17-39-22-29(37-38-39)25-12-11-13-26(20-25)41(47)48;1-8(2)11-7-10(12(4)5)6-9(3)13-11;2*1-2/h11-13,20,22-24,28,30-31H,6-10,14-19,21H2,1-5H3;9-11H,1,6-7H2,2-5H3;2*1-2H3/t23?,24?,28?,30-,31?,36-;9?,10?,11-;;/m01../s1. The number of nitro groups is 1. The quantitative estimate of drug-likeness (QED) is 0.0329. The van der Waals surface area contributed by atoms with Crippen LogP contribution in [0.4, 0.5) is 10.5 Å². The Kier molecular flexibility index (Phi) is 25.3. The van der Waals surface area contributed by atoms with Crippen LogP contribution in [-0.2, 0) is 44.7 Å². The molecule has 0 aliphatic carbocycles. The zero-order valence-electron chi connectivity index (χ0n) is 43.3. The highest BCUT2D eigenvalue weighted by molar-refractivity contribution is 5.99. The molecule has 4 heterocycles. The molecule has 5 rings (SSSR count). The van der Waals surface area contributed by atoms with E-state index in [0.717, 1.165) is 24.8 Å². The van der Waals surface area contributed by atoms with Crippen molar-refractivity contribution in [3.63, 3.8) is 0 Å². The number of amides is 1. The Morgan fingerprint density at radius 2 is 1.69 bits per heavy atom. The molecular formula is C51H82N6O11. The van der Waals surface area contributed by atoms with Crippen LogP contribution in [0.3, 0.4) is 0 Å². The largest absolute Gasteiger partial charge is 0.462 e. The molecule has 0 radical (unpaired) electrons. The number of non-ortho nitro benzene ring substituents is 1. The highest BCUT2D eigenvalue weighted by Gasteiger charge is 2.57. The Morgan fingerprint density at radius 3 is 2.31 bits per heavy atom. The number of fused-ring (bicyclic) bond motifs is 1. The van der Waals surface area contributed by atoms with Gasteiger partial charge in [0.15, 0.2) is 5.60 Å². The number of carbonyl (C=O) groups is 5. The van der Waals surface area contributed by atoms with Crippen LogP contribution in [0.2, 0.25) is 0 Å². The van der Waals surface area contributed by atoms with Gasteiger partial charge in [-0.15, -0.1) is 5.10 Å². The van der Waals surface area contributed by atoms with Gasteiger partial charge in [-0.25, -0.2) is 4.79 Å². The Balaban J connectivity index is 0.000000792. The van der Waals surface area contributed by atoms with Crippen LogP contribution in [-0.4, -0.2) is 122 Å². The topological polar surface area (TPSA) is 203 Å². The SMILES string of the molecule is C=C(C)[C@H]1CC(N(C)C)CC(C)O1.CC.CC.CCCCC(=O)OC1CCC(=O)C[C@@H]2N(CCCCn3cc(-c4cccc([N+](=O)[O-])c4)nn3)C(=O)O[C@]2(C)C(CC)OC(=O)C(C)C(=O)C(C)C1. The molecule has 68 heavy (non-hydrogen) atoms. The number of unbranched alkanes of at least 4 members (excludes halogenated alkanes) is 2. The Bertz CT molecular complexity index is 1950. The molecule has 17 nitrogen and oxygen atoms in total. The summed E-state index contributed by atoms with van der Waals surface area (Å²) in [5.41, 5.74) is 0.776. The molecule has 3 aliphatic heterocycles. The molecule has 1 amide bonds. The Hall–Kier alpha value is -5.03. The first-order chi connectivity index (χ1) is 32.3. The molecule has 3 fully saturated rings. The van der Waals surface area contributed by atoms with E-state index >= 15 is 0 Å². The third-order valence-corrected chi connectivity index (χ3v) is 12.6. The van der Waals surface area contributed by atoms with Crippen LogP contribution in [0.15, 0.2) is 42.6 Å². The summed E-state index contributed by atoms with van der Waals surface area (Å²) < 4.78 is 25.0. The summed E-state index contributed by atoms with van der Waals surface area (Å²) in [6, 6.07) is 6.00. The molecule has 0 spiro atoms. The van der Waals surface area contributed by atoms with Crippen molar-refractivity contribution in [1.82, 2.24) is 24.8 Å². The van der Waals surface area contributed by atoms with Gasteiger partial charge in [0.05, 0.1) is 29.4 Å². The highest BCUT2D eigenvalue weighted by atomic mass is 16.6. The summed E-state index contributed by atoms with van der Waals surface area (Å²) in [7, 11) is 4.27. The van der Waals surface area contributed by atoms with E-state index in [1.807, 2.05) is 34.6 Å². The van der Waals surface area contributed by atoms with Crippen LogP contribution >= 0.6 is 0 Å². The van der Waals surface area contributed by atoms with Gasteiger partial charge in [-0.2, -0.15) is 0 Å². The van der Waals surface area contributed by atoms with Gasteiger partial charge in [-0.3, -0.25) is 34.0 Å². The van der Waals surface area contributed by atoms with Crippen molar-refractivity contribution >= 4 is 35.3 Å².